The minimum absolute atomic E-state index is 0.0261. The Bertz CT molecular complexity index is 2180. The van der Waals surface area contributed by atoms with Crippen molar-refractivity contribution >= 4 is 34.1 Å². The van der Waals surface area contributed by atoms with Gasteiger partial charge >= 0.3 is 0 Å². The van der Waals surface area contributed by atoms with Crippen LogP contribution in [0.3, 0.4) is 0 Å². The average Bonchev–Trinajstić information content (AvgIpc) is 3.16. The molecule has 9 rings (SSSR count). The number of hydrogen-bond acceptors (Lipinski definition) is 4. The van der Waals surface area contributed by atoms with Crippen LogP contribution in [0.4, 0.5) is 42.9 Å². The summed E-state index contributed by atoms with van der Waals surface area (Å²) < 4.78 is 42.1. The number of nitrogens with zero attached hydrogens (tertiary/aromatic N) is 2. The van der Waals surface area contributed by atoms with E-state index >= 15 is 0 Å². The zero-order valence-electron chi connectivity index (χ0n) is 28.0. The Hall–Kier alpha value is -6.40. The van der Waals surface area contributed by atoms with E-state index in [1.54, 1.807) is 0 Å². The van der Waals surface area contributed by atoms with Gasteiger partial charge in [0.05, 0.1) is 34.1 Å². The third-order valence-electron chi connectivity index (χ3n) is 9.51. The summed E-state index contributed by atoms with van der Waals surface area (Å²) in [6.07, 6.45) is 0. The fraction of sp³-hybridized carbons (Fsp3) is 0.0667. The molecule has 51 heavy (non-hydrogen) atoms. The summed E-state index contributed by atoms with van der Waals surface area (Å²) >= 11 is 0. The number of fused-ring (bicyclic) bond motifs is 4. The molecule has 0 saturated heterocycles. The Morgan fingerprint density at radius 1 is 0.412 bits per heavy atom. The predicted molar refractivity (Wildman–Crippen MR) is 201 cm³/mol. The number of anilines is 6. The predicted octanol–water partition coefficient (Wildman–Crippen LogP) is 13.6. The van der Waals surface area contributed by atoms with Gasteiger partial charge in [-0.25, -0.2) is 8.78 Å². The smallest absolute Gasteiger partial charge is 0.151 e. The third kappa shape index (κ3) is 5.10. The molecule has 2 heterocycles. The summed E-state index contributed by atoms with van der Waals surface area (Å²) in [6.45, 7) is 4.34. The van der Waals surface area contributed by atoms with Crippen LogP contribution in [-0.4, -0.2) is 0 Å². The van der Waals surface area contributed by atoms with Crippen molar-refractivity contribution in [2.75, 3.05) is 9.80 Å². The molecular weight excluding hydrogens is 639 g/mol. The molecule has 0 amide bonds. The van der Waals surface area contributed by atoms with Crippen molar-refractivity contribution in [3.8, 4) is 45.3 Å². The first-order valence-corrected chi connectivity index (χ1v) is 17.0. The first-order chi connectivity index (χ1) is 25.0. The van der Waals surface area contributed by atoms with E-state index in [1.807, 2.05) is 97.1 Å². The topological polar surface area (TPSA) is 24.9 Å². The lowest BCUT2D eigenvalue weighted by Gasteiger charge is -2.39. The minimum Gasteiger partial charge on any atom is -0.453 e. The van der Waals surface area contributed by atoms with E-state index < -0.39 is 0 Å². The molecule has 7 aromatic carbocycles. The monoisotopic (exact) mass is 670 g/mol. The van der Waals surface area contributed by atoms with Gasteiger partial charge in [-0.05, 0) is 101 Å². The molecule has 4 nitrogen and oxygen atoms in total. The maximum atomic E-state index is 14.6. The van der Waals surface area contributed by atoms with E-state index in [0.717, 1.165) is 84.9 Å². The number of rotatable bonds is 5. The Morgan fingerprint density at radius 3 is 1.04 bits per heavy atom. The van der Waals surface area contributed by atoms with Gasteiger partial charge in [0, 0.05) is 11.1 Å². The molecule has 0 unspecified atom stereocenters. The Labute approximate surface area is 295 Å². The SMILES string of the molecule is CC(C)c1c(-c2ccc(F)cc2)c(N2c3ccccc3Oc3ccccc32)cc(N2c3ccccc3Oc3ccccc32)c1-c1ccc(F)cc1. The Morgan fingerprint density at radius 2 is 0.725 bits per heavy atom. The summed E-state index contributed by atoms with van der Waals surface area (Å²) in [4.78, 5) is 4.49. The molecule has 0 fully saturated rings. The van der Waals surface area contributed by atoms with Crippen LogP contribution >= 0.6 is 0 Å². The van der Waals surface area contributed by atoms with Crippen molar-refractivity contribution in [3.63, 3.8) is 0 Å². The average molecular weight is 671 g/mol. The van der Waals surface area contributed by atoms with Crippen LogP contribution in [0, 0.1) is 11.6 Å². The van der Waals surface area contributed by atoms with Gasteiger partial charge in [-0.15, -0.1) is 0 Å². The highest BCUT2D eigenvalue weighted by Gasteiger charge is 2.35. The van der Waals surface area contributed by atoms with Gasteiger partial charge in [-0.2, -0.15) is 0 Å². The highest BCUT2D eigenvalue weighted by atomic mass is 19.1. The summed E-state index contributed by atoms with van der Waals surface area (Å²) in [5.74, 6) is 2.23. The normalized spacial score (nSPS) is 12.7. The molecular formula is C45H32F2N2O2. The van der Waals surface area contributed by atoms with Crippen LogP contribution in [-0.2, 0) is 0 Å². The Balaban J connectivity index is 1.47. The summed E-state index contributed by atoms with van der Waals surface area (Å²) in [5, 5.41) is 0. The lowest BCUT2D eigenvalue weighted by molar-refractivity contribution is 0.477. The standard InChI is InChI=1S/C45H32F2N2O2/c1-28(2)43-44(29-19-23-31(46)24-20-29)37(48-33-11-3-7-15-39(33)50-40-16-8-4-12-34(40)48)27-38(45(43)30-21-25-32(47)26-22-30)49-35-13-5-9-17-41(35)51-42-18-10-6-14-36(42)49/h3-28H,1-2H3. The van der Waals surface area contributed by atoms with Gasteiger partial charge in [0.15, 0.2) is 23.0 Å². The first-order valence-electron chi connectivity index (χ1n) is 17.0. The van der Waals surface area contributed by atoms with Crippen molar-refractivity contribution < 1.29 is 18.3 Å². The second-order valence-electron chi connectivity index (χ2n) is 13.0. The fourth-order valence-electron chi connectivity index (χ4n) is 7.37. The maximum Gasteiger partial charge on any atom is 0.151 e. The number of ether oxygens (including phenoxy) is 2. The summed E-state index contributed by atoms with van der Waals surface area (Å²) in [7, 11) is 0. The van der Waals surface area contributed by atoms with E-state index in [0.29, 0.717) is 0 Å². The summed E-state index contributed by atoms with van der Waals surface area (Å²) in [6, 6.07) is 47.6. The highest BCUT2D eigenvalue weighted by Crippen LogP contribution is 2.59. The molecule has 0 atom stereocenters. The van der Waals surface area contributed by atoms with Gasteiger partial charge in [0.2, 0.25) is 0 Å². The van der Waals surface area contributed by atoms with Crippen LogP contribution in [0.15, 0.2) is 152 Å². The Kier molecular flexibility index (Phi) is 7.32. The molecule has 6 heteroatoms. The molecule has 0 aromatic heterocycles. The van der Waals surface area contributed by atoms with Gasteiger partial charge in [0.25, 0.3) is 0 Å². The highest BCUT2D eigenvalue weighted by molar-refractivity contribution is 6.04. The van der Waals surface area contributed by atoms with E-state index in [2.05, 4.69) is 54.0 Å². The van der Waals surface area contributed by atoms with Crippen LogP contribution < -0.4 is 19.3 Å². The van der Waals surface area contributed by atoms with E-state index in [4.69, 9.17) is 9.47 Å². The van der Waals surface area contributed by atoms with Crippen LogP contribution in [0.1, 0.15) is 25.3 Å². The first kappa shape index (κ1) is 30.6. The van der Waals surface area contributed by atoms with Crippen molar-refractivity contribution in [3.05, 3.63) is 169 Å². The molecule has 2 aliphatic heterocycles. The molecule has 0 N–H and O–H groups in total. The number of hydrogen-bond donors (Lipinski definition) is 0. The second kappa shape index (κ2) is 12.2. The van der Waals surface area contributed by atoms with Gasteiger partial charge in [-0.3, -0.25) is 0 Å². The number of halogens is 2. The molecule has 0 bridgehead atoms. The summed E-state index contributed by atoms with van der Waals surface area (Å²) in [5.41, 5.74) is 9.88. The maximum absolute atomic E-state index is 14.6. The van der Waals surface area contributed by atoms with E-state index in [-0.39, 0.29) is 17.6 Å². The second-order valence-corrected chi connectivity index (χ2v) is 13.0. The number of benzene rings is 7. The van der Waals surface area contributed by atoms with Gasteiger partial charge in [-0.1, -0.05) is 86.6 Å². The van der Waals surface area contributed by atoms with Crippen LogP contribution in [0.25, 0.3) is 22.3 Å². The third-order valence-corrected chi connectivity index (χ3v) is 9.51. The molecule has 7 aromatic rings. The molecule has 0 aliphatic carbocycles. The van der Waals surface area contributed by atoms with Crippen LogP contribution in [0.5, 0.6) is 23.0 Å². The van der Waals surface area contributed by atoms with Crippen molar-refractivity contribution in [1.29, 1.82) is 0 Å². The van der Waals surface area contributed by atoms with Crippen molar-refractivity contribution in [1.82, 2.24) is 0 Å². The largest absolute Gasteiger partial charge is 0.453 e. The molecule has 0 spiro atoms. The molecule has 2 aliphatic rings. The number of para-hydroxylation sites is 8. The lowest BCUT2D eigenvalue weighted by atomic mass is 9.82. The zero-order valence-corrected chi connectivity index (χ0v) is 28.0. The molecule has 0 saturated carbocycles. The van der Waals surface area contributed by atoms with Crippen molar-refractivity contribution in [2.45, 2.75) is 19.8 Å². The van der Waals surface area contributed by atoms with Gasteiger partial charge in [0.1, 0.15) is 11.6 Å². The fourth-order valence-corrected chi connectivity index (χ4v) is 7.37. The molecule has 248 valence electrons. The van der Waals surface area contributed by atoms with E-state index in [1.165, 1.54) is 24.3 Å². The molecule has 0 radical (unpaired) electrons. The zero-order chi connectivity index (χ0) is 34.6. The van der Waals surface area contributed by atoms with Crippen molar-refractivity contribution in [2.24, 2.45) is 0 Å². The van der Waals surface area contributed by atoms with Gasteiger partial charge < -0.3 is 19.3 Å². The lowest BCUT2D eigenvalue weighted by Crippen LogP contribution is -2.21. The minimum atomic E-state index is -0.314. The van der Waals surface area contributed by atoms with E-state index in [9.17, 15) is 8.78 Å². The van der Waals surface area contributed by atoms with Crippen LogP contribution in [0.2, 0.25) is 0 Å². The quantitative estimate of drug-likeness (QED) is 0.182.